The Kier molecular flexibility index (Phi) is 7.01. The van der Waals surface area contributed by atoms with Gasteiger partial charge in [-0.1, -0.05) is 11.6 Å². The van der Waals surface area contributed by atoms with Crippen LogP contribution in [0, 0.1) is 5.82 Å². The van der Waals surface area contributed by atoms with Gasteiger partial charge in [-0.3, -0.25) is 4.79 Å². The number of benzene rings is 2. The van der Waals surface area contributed by atoms with Crippen LogP contribution in [0.1, 0.15) is 24.2 Å². The summed E-state index contributed by atoms with van der Waals surface area (Å²) in [6.45, 7) is 3.70. The maximum atomic E-state index is 13.2. The largest absolute Gasteiger partial charge is 0.493 e. The van der Waals surface area contributed by atoms with E-state index in [1.54, 1.807) is 6.07 Å². The Morgan fingerprint density at radius 3 is 2.56 bits per heavy atom. The number of hydrogen-bond donors (Lipinski definition) is 1. The van der Waals surface area contributed by atoms with Crippen molar-refractivity contribution in [2.45, 2.75) is 20.0 Å². The quantitative estimate of drug-likeness (QED) is 0.715. The molecule has 1 N–H and O–H groups in total. The molecule has 0 aliphatic heterocycles. The van der Waals surface area contributed by atoms with E-state index in [0.29, 0.717) is 18.1 Å². The third kappa shape index (κ3) is 5.34. The van der Waals surface area contributed by atoms with E-state index >= 15 is 0 Å². The highest BCUT2D eigenvalue weighted by Crippen LogP contribution is 2.28. The molecule has 0 saturated carbocycles. The number of ether oxygens (including phenoxy) is 3. The van der Waals surface area contributed by atoms with Crippen LogP contribution >= 0.6 is 11.6 Å². The van der Waals surface area contributed by atoms with Crippen molar-refractivity contribution in [3.63, 3.8) is 0 Å². The molecule has 8 heteroatoms. The highest BCUT2D eigenvalue weighted by molar-refractivity contribution is 6.31. The number of methoxy groups -OCH3 is 1. The number of esters is 1. The fraction of sp³-hybridized carbons (Fsp3) is 0.263. The zero-order valence-corrected chi connectivity index (χ0v) is 15.8. The maximum absolute atomic E-state index is 13.2. The number of rotatable bonds is 7. The summed E-state index contributed by atoms with van der Waals surface area (Å²) < 4.78 is 28.9. The molecule has 0 bridgehead atoms. The van der Waals surface area contributed by atoms with Gasteiger partial charge < -0.3 is 19.5 Å². The first-order chi connectivity index (χ1) is 12.8. The summed E-state index contributed by atoms with van der Waals surface area (Å²) in [5.74, 6) is -1.00. The van der Waals surface area contributed by atoms with Crippen molar-refractivity contribution in [1.82, 2.24) is 0 Å². The van der Waals surface area contributed by atoms with E-state index in [2.05, 4.69) is 5.32 Å². The number of carbonyl (C=O) groups is 2. The van der Waals surface area contributed by atoms with Crippen LogP contribution in [-0.4, -0.2) is 31.7 Å². The standard InChI is InChI=1S/C19H19ClFNO5/c1-4-26-16-8-5-12(9-17(16)25-3)19(24)27-11(2)18(23)22-13-6-7-15(21)14(20)10-13/h5-11H,4H2,1-3H3,(H,22,23)/t11-/m1/s1. The highest BCUT2D eigenvalue weighted by Gasteiger charge is 2.20. The lowest BCUT2D eigenvalue weighted by Gasteiger charge is -2.15. The second kappa shape index (κ2) is 9.23. The maximum Gasteiger partial charge on any atom is 0.339 e. The predicted molar refractivity (Wildman–Crippen MR) is 99.1 cm³/mol. The zero-order valence-electron chi connectivity index (χ0n) is 15.0. The second-order valence-corrected chi connectivity index (χ2v) is 5.87. The van der Waals surface area contributed by atoms with Crippen molar-refractivity contribution in [2.24, 2.45) is 0 Å². The number of carbonyl (C=O) groups excluding carboxylic acids is 2. The molecule has 0 unspecified atom stereocenters. The van der Waals surface area contributed by atoms with E-state index in [4.69, 9.17) is 25.8 Å². The molecule has 6 nitrogen and oxygen atoms in total. The molecule has 0 aromatic heterocycles. The van der Waals surface area contributed by atoms with Crippen molar-refractivity contribution in [1.29, 1.82) is 0 Å². The average molecular weight is 396 g/mol. The summed E-state index contributed by atoms with van der Waals surface area (Å²) in [5, 5.41) is 2.38. The molecule has 0 aliphatic rings. The van der Waals surface area contributed by atoms with E-state index in [1.165, 1.54) is 38.3 Å². The Balaban J connectivity index is 2.03. The number of amides is 1. The lowest BCUT2D eigenvalue weighted by molar-refractivity contribution is -0.123. The van der Waals surface area contributed by atoms with Gasteiger partial charge in [-0.15, -0.1) is 0 Å². The van der Waals surface area contributed by atoms with Gasteiger partial charge in [0.1, 0.15) is 5.82 Å². The van der Waals surface area contributed by atoms with Crippen molar-refractivity contribution in [3.8, 4) is 11.5 Å². The molecule has 0 heterocycles. The van der Waals surface area contributed by atoms with Crippen LogP contribution in [-0.2, 0) is 9.53 Å². The molecule has 27 heavy (non-hydrogen) atoms. The van der Waals surface area contributed by atoms with Crippen molar-refractivity contribution in [3.05, 3.63) is 52.8 Å². The van der Waals surface area contributed by atoms with Gasteiger partial charge in [0.25, 0.3) is 5.91 Å². The summed E-state index contributed by atoms with van der Waals surface area (Å²) in [7, 11) is 1.46. The smallest absolute Gasteiger partial charge is 0.339 e. The normalized spacial score (nSPS) is 11.4. The molecule has 0 fully saturated rings. The van der Waals surface area contributed by atoms with Crippen LogP contribution in [0.2, 0.25) is 5.02 Å². The van der Waals surface area contributed by atoms with Crippen LogP contribution in [0.5, 0.6) is 11.5 Å². The molecule has 1 atom stereocenters. The number of anilines is 1. The van der Waals surface area contributed by atoms with Crippen LogP contribution in [0.25, 0.3) is 0 Å². The van der Waals surface area contributed by atoms with Crippen LogP contribution < -0.4 is 14.8 Å². The Morgan fingerprint density at radius 2 is 1.93 bits per heavy atom. The molecule has 2 aromatic rings. The Hall–Kier alpha value is -2.80. The first-order valence-corrected chi connectivity index (χ1v) is 8.51. The minimum atomic E-state index is -1.08. The van der Waals surface area contributed by atoms with Crippen molar-refractivity contribution in [2.75, 3.05) is 19.0 Å². The predicted octanol–water partition coefficient (Wildman–Crippen LogP) is 4.07. The number of nitrogens with one attached hydrogen (secondary N) is 1. The summed E-state index contributed by atoms with van der Waals surface area (Å²) in [6, 6.07) is 8.31. The highest BCUT2D eigenvalue weighted by atomic mass is 35.5. The van der Waals surface area contributed by atoms with Gasteiger partial charge in [0.15, 0.2) is 17.6 Å². The van der Waals surface area contributed by atoms with Crippen molar-refractivity contribution >= 4 is 29.2 Å². The molecule has 0 saturated heterocycles. The Labute approximate surface area is 161 Å². The topological polar surface area (TPSA) is 73.9 Å². The monoisotopic (exact) mass is 395 g/mol. The van der Waals surface area contributed by atoms with Crippen molar-refractivity contribution < 1.29 is 28.2 Å². The average Bonchev–Trinajstić information content (AvgIpc) is 2.65. The van der Waals surface area contributed by atoms with Gasteiger partial charge in [0.2, 0.25) is 0 Å². The van der Waals surface area contributed by atoms with E-state index < -0.39 is 23.8 Å². The first kappa shape index (κ1) is 20.5. The Bertz CT molecular complexity index is 843. The van der Waals surface area contributed by atoms with E-state index in [-0.39, 0.29) is 16.3 Å². The molecule has 2 aromatic carbocycles. The van der Waals surface area contributed by atoms with E-state index in [9.17, 15) is 14.0 Å². The summed E-state index contributed by atoms with van der Waals surface area (Å²) in [6.07, 6.45) is -1.08. The third-order valence-electron chi connectivity index (χ3n) is 3.54. The minimum absolute atomic E-state index is 0.126. The van der Waals surface area contributed by atoms with Gasteiger partial charge >= 0.3 is 5.97 Å². The van der Waals surface area contributed by atoms with Gasteiger partial charge in [-0.2, -0.15) is 0 Å². The lowest BCUT2D eigenvalue weighted by Crippen LogP contribution is -2.30. The van der Waals surface area contributed by atoms with Crippen LogP contribution in [0.15, 0.2) is 36.4 Å². The van der Waals surface area contributed by atoms with E-state index in [0.717, 1.165) is 6.07 Å². The summed E-state index contributed by atoms with van der Waals surface area (Å²) in [5.41, 5.74) is 0.497. The zero-order chi connectivity index (χ0) is 20.0. The first-order valence-electron chi connectivity index (χ1n) is 8.13. The molecule has 0 radical (unpaired) electrons. The molecule has 0 spiro atoms. The minimum Gasteiger partial charge on any atom is -0.493 e. The van der Waals surface area contributed by atoms with Gasteiger partial charge in [-0.05, 0) is 50.2 Å². The van der Waals surface area contributed by atoms with Gasteiger partial charge in [0, 0.05) is 5.69 Å². The molecular formula is C19H19ClFNO5. The number of hydrogen-bond acceptors (Lipinski definition) is 5. The summed E-state index contributed by atoms with van der Waals surface area (Å²) >= 11 is 5.67. The van der Waals surface area contributed by atoms with Crippen LogP contribution in [0.3, 0.4) is 0 Å². The van der Waals surface area contributed by atoms with Gasteiger partial charge in [0.05, 0.1) is 24.3 Å². The van der Waals surface area contributed by atoms with E-state index in [1.807, 2.05) is 6.92 Å². The fourth-order valence-electron chi connectivity index (χ4n) is 2.17. The van der Waals surface area contributed by atoms with Gasteiger partial charge in [-0.25, -0.2) is 9.18 Å². The lowest BCUT2D eigenvalue weighted by atomic mass is 10.2. The van der Waals surface area contributed by atoms with Crippen LogP contribution in [0.4, 0.5) is 10.1 Å². The molecule has 1 amide bonds. The SMILES string of the molecule is CCOc1ccc(C(=O)O[C@H](C)C(=O)Nc2ccc(F)c(Cl)c2)cc1OC. The molecular weight excluding hydrogens is 377 g/mol. The Morgan fingerprint density at radius 1 is 1.19 bits per heavy atom. The second-order valence-electron chi connectivity index (χ2n) is 5.46. The number of halogens is 2. The fourth-order valence-corrected chi connectivity index (χ4v) is 2.35. The molecule has 0 aliphatic carbocycles. The molecule has 2 rings (SSSR count). The summed E-state index contributed by atoms with van der Waals surface area (Å²) in [4.78, 5) is 24.4. The third-order valence-corrected chi connectivity index (χ3v) is 3.83. The molecule has 144 valence electrons.